The van der Waals surface area contributed by atoms with Crippen molar-refractivity contribution in [2.24, 2.45) is 0 Å². The van der Waals surface area contributed by atoms with Gasteiger partial charge in [-0.3, -0.25) is 4.90 Å². The van der Waals surface area contributed by atoms with Gasteiger partial charge in [-0.25, -0.2) is 0 Å². The fourth-order valence-electron chi connectivity index (χ4n) is 3.68. The molecule has 2 atom stereocenters. The summed E-state index contributed by atoms with van der Waals surface area (Å²) < 4.78 is 11.0. The number of rotatable bonds is 6. The van der Waals surface area contributed by atoms with Crippen molar-refractivity contribution < 1.29 is 9.47 Å². The summed E-state index contributed by atoms with van der Waals surface area (Å²) >= 11 is 0. The Morgan fingerprint density at radius 3 is 2.11 bits per heavy atom. The van der Waals surface area contributed by atoms with Crippen LogP contribution in [-0.2, 0) is 9.47 Å². The molecule has 1 saturated heterocycles. The maximum absolute atomic E-state index is 5.51. The lowest BCUT2D eigenvalue weighted by atomic mass is 9.79. The summed E-state index contributed by atoms with van der Waals surface area (Å²) in [5, 5.41) is 3.60. The Labute approximate surface area is 117 Å². The second kappa shape index (κ2) is 7.02. The van der Waals surface area contributed by atoms with E-state index in [9.17, 15) is 0 Å². The highest BCUT2D eigenvalue weighted by Gasteiger charge is 2.35. The number of likely N-dealkylation sites (tertiary alicyclic amines) is 1. The first kappa shape index (κ1) is 15.2. The van der Waals surface area contributed by atoms with Crippen LogP contribution in [0.1, 0.15) is 38.5 Å². The van der Waals surface area contributed by atoms with Gasteiger partial charge in [0.1, 0.15) is 0 Å². The van der Waals surface area contributed by atoms with Gasteiger partial charge >= 0.3 is 0 Å². The molecule has 2 fully saturated rings. The zero-order chi connectivity index (χ0) is 13.7. The minimum absolute atomic E-state index is 0.238. The number of nitrogens with zero attached hydrogens (tertiary/aromatic N) is 1. The van der Waals surface area contributed by atoms with Crippen LogP contribution in [0.15, 0.2) is 0 Å². The Kier molecular flexibility index (Phi) is 5.63. The average molecular weight is 270 g/mol. The molecule has 1 aliphatic heterocycles. The Morgan fingerprint density at radius 2 is 1.63 bits per heavy atom. The van der Waals surface area contributed by atoms with Crippen molar-refractivity contribution in [3.63, 3.8) is 0 Å². The molecule has 4 heteroatoms. The van der Waals surface area contributed by atoms with Crippen molar-refractivity contribution in [2.45, 2.75) is 56.3 Å². The molecule has 2 rings (SSSR count). The third-order valence-electron chi connectivity index (χ3n) is 5.14. The van der Waals surface area contributed by atoms with Crippen molar-refractivity contribution >= 4 is 0 Å². The highest BCUT2D eigenvalue weighted by Crippen LogP contribution is 2.31. The summed E-state index contributed by atoms with van der Waals surface area (Å²) in [7, 11) is 5.71. The minimum Gasteiger partial charge on any atom is -0.377 e. The minimum atomic E-state index is 0.238. The van der Waals surface area contributed by atoms with Crippen molar-refractivity contribution in [1.29, 1.82) is 0 Å². The van der Waals surface area contributed by atoms with Crippen molar-refractivity contribution in [1.82, 2.24) is 10.2 Å². The molecule has 0 aromatic rings. The van der Waals surface area contributed by atoms with Gasteiger partial charge in [-0.05, 0) is 26.3 Å². The normalized spacial score (nSPS) is 31.7. The highest BCUT2D eigenvalue weighted by atomic mass is 16.5. The largest absolute Gasteiger partial charge is 0.377 e. The number of ether oxygens (including phenoxy) is 2. The summed E-state index contributed by atoms with van der Waals surface area (Å²) in [4.78, 5) is 2.50. The lowest BCUT2D eigenvalue weighted by Gasteiger charge is -2.38. The van der Waals surface area contributed by atoms with E-state index in [4.69, 9.17) is 9.47 Å². The lowest BCUT2D eigenvalue weighted by Crippen LogP contribution is -2.47. The van der Waals surface area contributed by atoms with E-state index < -0.39 is 0 Å². The zero-order valence-corrected chi connectivity index (χ0v) is 12.8. The monoisotopic (exact) mass is 270 g/mol. The number of methoxy groups -OCH3 is 2. The van der Waals surface area contributed by atoms with Gasteiger partial charge in [0.05, 0.1) is 12.2 Å². The molecule has 2 unspecified atom stereocenters. The molecular weight excluding hydrogens is 240 g/mol. The fraction of sp³-hybridized carbons (Fsp3) is 1.00. The Balaban J connectivity index is 1.81. The van der Waals surface area contributed by atoms with E-state index in [-0.39, 0.29) is 12.2 Å². The van der Waals surface area contributed by atoms with E-state index in [1.165, 1.54) is 38.5 Å². The molecule has 1 aliphatic carbocycles. The van der Waals surface area contributed by atoms with Gasteiger partial charge < -0.3 is 14.8 Å². The smallest absolute Gasteiger partial charge is 0.0971 e. The van der Waals surface area contributed by atoms with Gasteiger partial charge in [-0.15, -0.1) is 0 Å². The number of hydrogen-bond donors (Lipinski definition) is 1. The molecule has 0 aromatic heterocycles. The molecule has 112 valence electrons. The number of nitrogens with one attached hydrogen (secondary N) is 1. The van der Waals surface area contributed by atoms with Gasteiger partial charge in [0.15, 0.2) is 0 Å². The molecule has 1 saturated carbocycles. The second-order valence-electron chi connectivity index (χ2n) is 6.15. The maximum atomic E-state index is 5.51. The summed E-state index contributed by atoms with van der Waals surface area (Å²) in [6.07, 6.45) is 8.55. The molecule has 1 N–H and O–H groups in total. The molecule has 0 aromatic carbocycles. The molecule has 0 amide bonds. The van der Waals surface area contributed by atoms with E-state index >= 15 is 0 Å². The molecule has 0 bridgehead atoms. The topological polar surface area (TPSA) is 33.7 Å². The van der Waals surface area contributed by atoms with Gasteiger partial charge in [0, 0.05) is 39.4 Å². The maximum Gasteiger partial charge on any atom is 0.0971 e. The van der Waals surface area contributed by atoms with Gasteiger partial charge in [0.2, 0.25) is 0 Å². The Hall–Kier alpha value is -0.160. The predicted molar refractivity (Wildman–Crippen MR) is 77.5 cm³/mol. The molecular formula is C15H30N2O2. The molecule has 1 heterocycles. The van der Waals surface area contributed by atoms with Crippen LogP contribution in [0.4, 0.5) is 0 Å². The number of hydrogen-bond acceptors (Lipinski definition) is 4. The average Bonchev–Trinajstić information content (AvgIpc) is 2.88. The second-order valence-corrected chi connectivity index (χ2v) is 6.15. The summed E-state index contributed by atoms with van der Waals surface area (Å²) in [6.45, 7) is 3.17. The van der Waals surface area contributed by atoms with Crippen LogP contribution in [0.3, 0.4) is 0 Å². The van der Waals surface area contributed by atoms with Crippen molar-refractivity contribution in [3.05, 3.63) is 0 Å². The Morgan fingerprint density at radius 1 is 1.05 bits per heavy atom. The zero-order valence-electron chi connectivity index (χ0n) is 12.8. The molecule has 0 radical (unpaired) electrons. The van der Waals surface area contributed by atoms with Crippen molar-refractivity contribution in [3.8, 4) is 0 Å². The van der Waals surface area contributed by atoms with E-state index in [1.54, 1.807) is 14.2 Å². The van der Waals surface area contributed by atoms with Gasteiger partial charge in [-0.2, -0.15) is 0 Å². The van der Waals surface area contributed by atoms with Crippen LogP contribution in [-0.4, -0.2) is 63.5 Å². The lowest BCUT2D eigenvalue weighted by molar-refractivity contribution is -0.00461. The van der Waals surface area contributed by atoms with Crippen LogP contribution in [0, 0.1) is 0 Å². The van der Waals surface area contributed by atoms with Crippen molar-refractivity contribution in [2.75, 3.05) is 40.9 Å². The summed E-state index contributed by atoms with van der Waals surface area (Å²) in [5.41, 5.74) is 0.381. The third-order valence-corrected chi connectivity index (χ3v) is 5.14. The van der Waals surface area contributed by atoms with Gasteiger partial charge in [0.25, 0.3) is 0 Å². The quantitative estimate of drug-likeness (QED) is 0.795. The van der Waals surface area contributed by atoms with Gasteiger partial charge in [-0.1, -0.05) is 19.3 Å². The van der Waals surface area contributed by atoms with Crippen LogP contribution in [0.25, 0.3) is 0 Å². The van der Waals surface area contributed by atoms with E-state index in [0.717, 1.165) is 19.6 Å². The Bertz CT molecular complexity index is 255. The van der Waals surface area contributed by atoms with E-state index in [2.05, 4.69) is 17.3 Å². The third kappa shape index (κ3) is 3.69. The predicted octanol–water partition coefficient (Wildman–Crippen LogP) is 1.64. The molecule has 2 aliphatic rings. The van der Waals surface area contributed by atoms with Crippen LogP contribution >= 0.6 is 0 Å². The first-order chi connectivity index (χ1) is 9.23. The summed E-state index contributed by atoms with van der Waals surface area (Å²) in [6, 6.07) is 0. The van der Waals surface area contributed by atoms with Crippen LogP contribution < -0.4 is 5.32 Å². The summed E-state index contributed by atoms with van der Waals surface area (Å²) in [5.74, 6) is 0. The van der Waals surface area contributed by atoms with E-state index in [1.807, 2.05) is 0 Å². The molecule has 19 heavy (non-hydrogen) atoms. The van der Waals surface area contributed by atoms with E-state index in [0.29, 0.717) is 5.54 Å². The SMILES string of the molecule is CNC1(CCN2CC(OC)C(OC)C2)CCCCC1. The fourth-order valence-corrected chi connectivity index (χ4v) is 3.68. The van der Waals surface area contributed by atoms with Crippen LogP contribution in [0.2, 0.25) is 0 Å². The first-order valence-electron chi connectivity index (χ1n) is 7.70. The standard InChI is InChI=1S/C15H30N2O2/c1-16-15(7-5-4-6-8-15)9-10-17-11-13(18-2)14(12-17)19-3/h13-14,16H,4-12H2,1-3H3. The molecule has 4 nitrogen and oxygen atoms in total. The van der Waals surface area contributed by atoms with Crippen LogP contribution in [0.5, 0.6) is 0 Å². The first-order valence-corrected chi connectivity index (χ1v) is 7.70. The highest BCUT2D eigenvalue weighted by molar-refractivity contribution is 4.92. The molecule has 0 spiro atoms.